The molecule has 2 aromatic rings. The van der Waals surface area contributed by atoms with Gasteiger partial charge in [0.2, 0.25) is 5.91 Å². The van der Waals surface area contributed by atoms with Crippen LogP contribution in [0.5, 0.6) is 0 Å². The molecule has 5 heteroatoms. The number of oxazole rings is 1. The van der Waals surface area contributed by atoms with Crippen molar-refractivity contribution < 1.29 is 9.21 Å². The summed E-state index contributed by atoms with van der Waals surface area (Å²) in [7, 11) is 0. The summed E-state index contributed by atoms with van der Waals surface area (Å²) in [5.41, 5.74) is 7.78. The molecular weight excluding hydrogens is 242 g/mol. The smallest absolute Gasteiger partial charge is 0.228 e. The summed E-state index contributed by atoms with van der Waals surface area (Å²) in [6.07, 6.45) is 1.48. The van der Waals surface area contributed by atoms with Crippen LogP contribution in [0.4, 0.5) is 5.69 Å². The number of carbonyl (C=O) groups excluding carboxylic acids is 1. The fourth-order valence-electron chi connectivity index (χ4n) is 1.91. The Kier molecular flexibility index (Phi) is 4.16. The fourth-order valence-corrected chi connectivity index (χ4v) is 1.91. The maximum Gasteiger partial charge on any atom is 0.228 e. The number of hydrogen-bond acceptors (Lipinski definition) is 4. The highest BCUT2D eigenvalue weighted by Gasteiger charge is 2.15. The lowest BCUT2D eigenvalue weighted by molar-refractivity contribution is -0.119. The van der Waals surface area contributed by atoms with Crippen LogP contribution < -0.4 is 11.1 Å². The standard InChI is InChI=1S/C14H19N3O2/c1-3-9(8-15)14(18)16-10-5-6-12-11(7-10)17-13(4-2)19-12/h5-7,9H,3-4,8,15H2,1-2H3,(H,16,18). The molecule has 3 N–H and O–H groups in total. The van der Waals surface area contributed by atoms with Crippen molar-refractivity contribution >= 4 is 22.7 Å². The van der Waals surface area contributed by atoms with E-state index in [1.165, 1.54) is 0 Å². The monoisotopic (exact) mass is 261 g/mol. The van der Waals surface area contributed by atoms with Gasteiger partial charge >= 0.3 is 0 Å². The van der Waals surface area contributed by atoms with Gasteiger partial charge in [-0.2, -0.15) is 0 Å². The van der Waals surface area contributed by atoms with E-state index in [0.717, 1.165) is 29.6 Å². The third-order valence-electron chi connectivity index (χ3n) is 3.15. The Labute approximate surface area is 112 Å². The van der Waals surface area contributed by atoms with Crippen LogP contribution in [0.3, 0.4) is 0 Å². The summed E-state index contributed by atoms with van der Waals surface area (Å²) in [4.78, 5) is 16.3. The number of aryl methyl sites for hydroxylation is 1. The molecule has 0 radical (unpaired) electrons. The Morgan fingerprint density at radius 3 is 2.89 bits per heavy atom. The summed E-state index contributed by atoms with van der Waals surface area (Å²) in [5.74, 6) is 0.495. The van der Waals surface area contributed by atoms with E-state index >= 15 is 0 Å². The Hall–Kier alpha value is -1.88. The van der Waals surface area contributed by atoms with Gasteiger partial charge in [-0.05, 0) is 24.6 Å². The van der Waals surface area contributed by atoms with Gasteiger partial charge in [-0.3, -0.25) is 4.79 Å². The van der Waals surface area contributed by atoms with Crippen molar-refractivity contribution in [2.24, 2.45) is 11.7 Å². The Balaban J connectivity index is 2.19. The highest BCUT2D eigenvalue weighted by Crippen LogP contribution is 2.20. The van der Waals surface area contributed by atoms with Crippen molar-refractivity contribution in [1.29, 1.82) is 0 Å². The normalized spacial score (nSPS) is 12.6. The Bertz CT molecular complexity index is 573. The van der Waals surface area contributed by atoms with Crippen molar-refractivity contribution in [3.63, 3.8) is 0 Å². The topological polar surface area (TPSA) is 81.2 Å². The summed E-state index contributed by atoms with van der Waals surface area (Å²) < 4.78 is 5.52. The second-order valence-corrected chi connectivity index (χ2v) is 4.47. The number of fused-ring (bicyclic) bond motifs is 1. The number of nitrogens with zero attached hydrogens (tertiary/aromatic N) is 1. The first-order valence-corrected chi connectivity index (χ1v) is 6.58. The van der Waals surface area contributed by atoms with E-state index in [1.807, 2.05) is 32.0 Å². The van der Waals surface area contributed by atoms with Gasteiger partial charge in [0.1, 0.15) is 5.52 Å². The molecule has 0 bridgehead atoms. The van der Waals surface area contributed by atoms with Crippen LogP contribution in [0, 0.1) is 5.92 Å². The van der Waals surface area contributed by atoms with Crippen molar-refractivity contribution in [3.8, 4) is 0 Å². The molecule has 0 saturated carbocycles. The first kappa shape index (κ1) is 13.5. The van der Waals surface area contributed by atoms with Crippen molar-refractivity contribution in [1.82, 2.24) is 4.98 Å². The number of benzene rings is 1. The second kappa shape index (κ2) is 5.84. The molecule has 0 saturated heterocycles. The number of nitrogens with one attached hydrogen (secondary N) is 1. The Morgan fingerprint density at radius 2 is 2.26 bits per heavy atom. The maximum atomic E-state index is 11.9. The summed E-state index contributed by atoms with van der Waals surface area (Å²) >= 11 is 0. The van der Waals surface area contributed by atoms with Gasteiger partial charge in [-0.25, -0.2) is 4.98 Å². The quantitative estimate of drug-likeness (QED) is 0.865. The first-order valence-electron chi connectivity index (χ1n) is 6.58. The number of aromatic nitrogens is 1. The minimum absolute atomic E-state index is 0.0523. The number of hydrogen-bond donors (Lipinski definition) is 2. The lowest BCUT2D eigenvalue weighted by Gasteiger charge is -2.12. The van der Waals surface area contributed by atoms with Gasteiger partial charge < -0.3 is 15.5 Å². The average molecular weight is 261 g/mol. The number of nitrogens with two attached hydrogens (primary N) is 1. The molecule has 0 aliphatic heterocycles. The van der Waals surface area contributed by atoms with E-state index in [-0.39, 0.29) is 11.8 Å². The van der Waals surface area contributed by atoms with Crippen molar-refractivity contribution in [2.75, 3.05) is 11.9 Å². The number of anilines is 1. The third kappa shape index (κ3) is 2.93. The lowest BCUT2D eigenvalue weighted by Crippen LogP contribution is -2.28. The maximum absolute atomic E-state index is 11.9. The predicted molar refractivity (Wildman–Crippen MR) is 74.9 cm³/mol. The SMILES string of the molecule is CCc1nc2cc(NC(=O)C(CC)CN)ccc2o1. The highest BCUT2D eigenvalue weighted by molar-refractivity contribution is 5.94. The molecule has 19 heavy (non-hydrogen) atoms. The molecule has 1 amide bonds. The van der Waals surface area contributed by atoms with E-state index < -0.39 is 0 Å². The van der Waals surface area contributed by atoms with E-state index in [1.54, 1.807) is 0 Å². The minimum atomic E-state index is -0.154. The van der Waals surface area contributed by atoms with Crippen LogP contribution >= 0.6 is 0 Å². The predicted octanol–water partition coefficient (Wildman–Crippen LogP) is 2.31. The van der Waals surface area contributed by atoms with Crippen LogP contribution in [0.1, 0.15) is 26.2 Å². The molecule has 2 rings (SSSR count). The molecule has 0 fully saturated rings. The van der Waals surface area contributed by atoms with Gasteiger partial charge in [0.25, 0.3) is 0 Å². The van der Waals surface area contributed by atoms with Gasteiger partial charge in [0.15, 0.2) is 11.5 Å². The number of amides is 1. The van der Waals surface area contributed by atoms with E-state index in [9.17, 15) is 4.79 Å². The molecule has 1 aromatic carbocycles. The van der Waals surface area contributed by atoms with Crippen LogP contribution in [-0.4, -0.2) is 17.4 Å². The molecule has 102 valence electrons. The zero-order valence-electron chi connectivity index (χ0n) is 11.3. The lowest BCUT2D eigenvalue weighted by atomic mass is 10.1. The zero-order valence-corrected chi connectivity index (χ0v) is 11.3. The van der Waals surface area contributed by atoms with Gasteiger partial charge in [-0.1, -0.05) is 13.8 Å². The largest absolute Gasteiger partial charge is 0.441 e. The van der Waals surface area contributed by atoms with E-state index in [2.05, 4.69) is 10.3 Å². The minimum Gasteiger partial charge on any atom is -0.441 e. The van der Waals surface area contributed by atoms with Gasteiger partial charge in [-0.15, -0.1) is 0 Å². The van der Waals surface area contributed by atoms with Crippen molar-refractivity contribution in [3.05, 3.63) is 24.1 Å². The molecule has 0 aliphatic rings. The van der Waals surface area contributed by atoms with Crippen LogP contribution in [0.2, 0.25) is 0 Å². The molecule has 1 heterocycles. The van der Waals surface area contributed by atoms with E-state index in [4.69, 9.17) is 10.2 Å². The molecule has 1 aromatic heterocycles. The third-order valence-corrected chi connectivity index (χ3v) is 3.15. The fraction of sp³-hybridized carbons (Fsp3) is 0.429. The summed E-state index contributed by atoms with van der Waals surface area (Å²) in [6.45, 7) is 4.29. The van der Waals surface area contributed by atoms with Crippen LogP contribution in [0.25, 0.3) is 11.1 Å². The van der Waals surface area contributed by atoms with Crippen LogP contribution in [-0.2, 0) is 11.2 Å². The first-order chi connectivity index (χ1) is 9.17. The zero-order chi connectivity index (χ0) is 13.8. The number of rotatable bonds is 5. The second-order valence-electron chi connectivity index (χ2n) is 4.47. The van der Waals surface area contributed by atoms with Crippen molar-refractivity contribution in [2.45, 2.75) is 26.7 Å². The highest BCUT2D eigenvalue weighted by atomic mass is 16.3. The van der Waals surface area contributed by atoms with Crippen LogP contribution in [0.15, 0.2) is 22.6 Å². The molecule has 1 atom stereocenters. The number of carbonyl (C=O) groups is 1. The summed E-state index contributed by atoms with van der Waals surface area (Å²) in [5, 5.41) is 2.86. The van der Waals surface area contributed by atoms with Gasteiger partial charge in [0, 0.05) is 18.7 Å². The Morgan fingerprint density at radius 1 is 1.47 bits per heavy atom. The molecular formula is C14H19N3O2. The molecule has 1 unspecified atom stereocenters. The van der Waals surface area contributed by atoms with E-state index in [0.29, 0.717) is 12.4 Å². The average Bonchev–Trinajstić information content (AvgIpc) is 2.82. The van der Waals surface area contributed by atoms with Gasteiger partial charge in [0.05, 0.1) is 5.92 Å². The molecule has 5 nitrogen and oxygen atoms in total. The summed E-state index contributed by atoms with van der Waals surface area (Å²) in [6, 6.07) is 5.45. The molecule has 0 spiro atoms. The molecule has 0 aliphatic carbocycles.